The lowest BCUT2D eigenvalue weighted by Gasteiger charge is -2.37. The van der Waals surface area contributed by atoms with Crippen LogP contribution < -0.4 is 10.2 Å². The van der Waals surface area contributed by atoms with Gasteiger partial charge in [0, 0.05) is 25.4 Å². The third kappa shape index (κ3) is 2.31. The van der Waals surface area contributed by atoms with Crippen molar-refractivity contribution < 1.29 is 8.42 Å². The first-order chi connectivity index (χ1) is 9.07. The van der Waals surface area contributed by atoms with Gasteiger partial charge in [0.1, 0.15) is 0 Å². The van der Waals surface area contributed by atoms with Crippen LogP contribution in [0.3, 0.4) is 0 Å². The molecule has 0 saturated heterocycles. The van der Waals surface area contributed by atoms with Crippen molar-refractivity contribution in [1.29, 1.82) is 0 Å². The molecule has 1 aromatic carbocycles. The molecule has 4 nitrogen and oxygen atoms in total. The van der Waals surface area contributed by atoms with Crippen molar-refractivity contribution in [2.45, 2.75) is 36.6 Å². The molecule has 0 bridgehead atoms. The van der Waals surface area contributed by atoms with Gasteiger partial charge >= 0.3 is 0 Å². The van der Waals surface area contributed by atoms with Crippen LogP contribution in [0.5, 0.6) is 0 Å². The Labute approximate surface area is 114 Å². The lowest BCUT2D eigenvalue weighted by Crippen LogP contribution is -2.40. The number of para-hydroxylation sites is 1. The zero-order chi connectivity index (χ0) is 13.5. The minimum Gasteiger partial charge on any atom is -0.381 e. The molecular weight excluding hydrogens is 260 g/mol. The van der Waals surface area contributed by atoms with Crippen LogP contribution in [0.1, 0.15) is 25.7 Å². The van der Waals surface area contributed by atoms with Crippen LogP contribution in [-0.2, 0) is 9.84 Å². The Hall–Kier alpha value is -1.23. The number of benzene rings is 1. The van der Waals surface area contributed by atoms with Crippen LogP contribution in [0.4, 0.5) is 11.4 Å². The fraction of sp³-hybridized carbons (Fsp3) is 0.571. The maximum absolute atomic E-state index is 11.9. The molecular formula is C14H20N2O2S. The van der Waals surface area contributed by atoms with E-state index < -0.39 is 9.84 Å². The predicted octanol–water partition coefficient (Wildman–Crippen LogP) is 2.26. The average Bonchev–Trinajstić information content (AvgIpc) is 2.90. The summed E-state index contributed by atoms with van der Waals surface area (Å²) in [6.45, 7) is 1.78. The summed E-state index contributed by atoms with van der Waals surface area (Å²) in [7, 11) is -3.18. The third-order valence-corrected chi connectivity index (χ3v) is 5.27. The zero-order valence-corrected chi connectivity index (χ0v) is 12.0. The van der Waals surface area contributed by atoms with E-state index in [1.165, 1.54) is 31.9 Å². The summed E-state index contributed by atoms with van der Waals surface area (Å²) in [5, 5.41) is 3.27. The number of nitrogens with one attached hydrogen (secondary N) is 1. The maximum atomic E-state index is 11.9. The van der Waals surface area contributed by atoms with Gasteiger partial charge in [0.15, 0.2) is 9.84 Å². The van der Waals surface area contributed by atoms with Crippen molar-refractivity contribution in [3.8, 4) is 0 Å². The molecule has 1 fully saturated rings. The fourth-order valence-corrected chi connectivity index (χ4v) is 4.14. The zero-order valence-electron chi connectivity index (χ0n) is 11.2. The summed E-state index contributed by atoms with van der Waals surface area (Å²) < 4.78 is 23.7. The van der Waals surface area contributed by atoms with Gasteiger partial charge in [-0.15, -0.1) is 0 Å². The van der Waals surface area contributed by atoms with Gasteiger partial charge in [0.25, 0.3) is 0 Å². The van der Waals surface area contributed by atoms with E-state index in [0.29, 0.717) is 10.9 Å². The van der Waals surface area contributed by atoms with Crippen LogP contribution in [0, 0.1) is 0 Å². The van der Waals surface area contributed by atoms with Gasteiger partial charge in [-0.3, -0.25) is 0 Å². The van der Waals surface area contributed by atoms with E-state index in [-0.39, 0.29) is 0 Å². The quantitative estimate of drug-likeness (QED) is 0.903. The summed E-state index contributed by atoms with van der Waals surface area (Å²) in [5.74, 6) is 0. The third-order valence-electron chi connectivity index (χ3n) is 4.13. The van der Waals surface area contributed by atoms with E-state index in [2.05, 4.69) is 10.2 Å². The SMILES string of the molecule is CS(=O)(=O)c1cccc2c1NCCN2C1CCCC1. The molecule has 1 aliphatic carbocycles. The lowest BCUT2D eigenvalue weighted by atomic mass is 10.1. The average molecular weight is 280 g/mol. The Morgan fingerprint density at radius 1 is 1.26 bits per heavy atom. The van der Waals surface area contributed by atoms with Crippen molar-refractivity contribution in [1.82, 2.24) is 0 Å². The topological polar surface area (TPSA) is 49.4 Å². The molecule has 1 heterocycles. The number of sulfone groups is 1. The molecule has 0 atom stereocenters. The normalized spacial score (nSPS) is 20.2. The molecule has 0 unspecified atom stereocenters. The van der Waals surface area contributed by atoms with Crippen molar-refractivity contribution >= 4 is 21.2 Å². The van der Waals surface area contributed by atoms with Crippen molar-refractivity contribution in [2.75, 3.05) is 29.6 Å². The predicted molar refractivity (Wildman–Crippen MR) is 77.6 cm³/mol. The van der Waals surface area contributed by atoms with Crippen molar-refractivity contribution in [3.63, 3.8) is 0 Å². The Morgan fingerprint density at radius 3 is 2.68 bits per heavy atom. The van der Waals surface area contributed by atoms with E-state index in [1.54, 1.807) is 6.07 Å². The van der Waals surface area contributed by atoms with E-state index in [4.69, 9.17) is 0 Å². The number of hydrogen-bond donors (Lipinski definition) is 1. The summed E-state index contributed by atoms with van der Waals surface area (Å²) in [6.07, 6.45) is 6.30. The van der Waals surface area contributed by atoms with E-state index in [1.807, 2.05) is 12.1 Å². The summed E-state index contributed by atoms with van der Waals surface area (Å²) >= 11 is 0. The first-order valence-electron chi connectivity index (χ1n) is 6.91. The fourth-order valence-electron chi connectivity index (χ4n) is 3.26. The highest BCUT2D eigenvalue weighted by atomic mass is 32.2. The summed E-state index contributed by atoms with van der Waals surface area (Å²) in [5.41, 5.74) is 1.85. The summed E-state index contributed by atoms with van der Waals surface area (Å²) in [4.78, 5) is 2.82. The second kappa shape index (κ2) is 4.71. The van der Waals surface area contributed by atoms with E-state index >= 15 is 0 Å². The maximum Gasteiger partial charge on any atom is 0.177 e. The highest BCUT2D eigenvalue weighted by molar-refractivity contribution is 7.90. The van der Waals surface area contributed by atoms with Gasteiger partial charge in [-0.2, -0.15) is 0 Å². The van der Waals surface area contributed by atoms with Crippen LogP contribution >= 0.6 is 0 Å². The molecule has 0 spiro atoms. The minimum absolute atomic E-state index is 0.424. The molecule has 1 aromatic rings. The second-order valence-corrected chi connectivity index (χ2v) is 7.47. The highest BCUT2D eigenvalue weighted by Gasteiger charge is 2.29. The molecule has 2 aliphatic rings. The first-order valence-corrected chi connectivity index (χ1v) is 8.80. The first kappa shape index (κ1) is 12.8. The number of nitrogens with zero attached hydrogens (tertiary/aromatic N) is 1. The standard InChI is InChI=1S/C14H20N2O2S/c1-19(17,18)13-8-4-7-12-14(13)15-9-10-16(12)11-5-2-3-6-11/h4,7-8,11,15H,2-3,5-6,9-10H2,1H3. The molecule has 1 saturated carbocycles. The smallest absolute Gasteiger partial charge is 0.177 e. The van der Waals surface area contributed by atoms with Crippen LogP contribution in [0.15, 0.2) is 23.1 Å². The number of hydrogen-bond acceptors (Lipinski definition) is 4. The van der Waals surface area contributed by atoms with Crippen molar-refractivity contribution in [3.05, 3.63) is 18.2 Å². The summed E-state index contributed by atoms with van der Waals surface area (Å²) in [6, 6.07) is 6.16. The molecule has 19 heavy (non-hydrogen) atoms. The number of anilines is 2. The van der Waals surface area contributed by atoms with Crippen molar-refractivity contribution in [2.24, 2.45) is 0 Å². The highest BCUT2D eigenvalue weighted by Crippen LogP contribution is 2.38. The number of fused-ring (bicyclic) bond motifs is 1. The molecule has 3 rings (SSSR count). The Bertz CT molecular complexity index is 577. The molecule has 104 valence electrons. The molecule has 5 heteroatoms. The van der Waals surface area contributed by atoms with E-state index in [0.717, 1.165) is 24.5 Å². The Kier molecular flexibility index (Phi) is 3.17. The molecule has 0 radical (unpaired) electrons. The van der Waals surface area contributed by atoms with Gasteiger partial charge < -0.3 is 10.2 Å². The lowest BCUT2D eigenvalue weighted by molar-refractivity contribution is 0.597. The van der Waals surface area contributed by atoms with Crippen LogP contribution in [0.25, 0.3) is 0 Å². The van der Waals surface area contributed by atoms with Gasteiger partial charge in [0.05, 0.1) is 16.3 Å². The number of rotatable bonds is 2. The molecule has 1 aliphatic heterocycles. The van der Waals surface area contributed by atoms with E-state index in [9.17, 15) is 8.42 Å². The van der Waals surface area contributed by atoms with Gasteiger partial charge in [0.2, 0.25) is 0 Å². The minimum atomic E-state index is -3.18. The van der Waals surface area contributed by atoms with Crippen LogP contribution in [0.2, 0.25) is 0 Å². The molecule has 1 N–H and O–H groups in total. The Balaban J connectivity index is 2.05. The Morgan fingerprint density at radius 2 is 2.00 bits per heavy atom. The largest absolute Gasteiger partial charge is 0.381 e. The van der Waals surface area contributed by atoms with Gasteiger partial charge in [-0.05, 0) is 25.0 Å². The second-order valence-electron chi connectivity index (χ2n) is 5.48. The molecule has 0 aromatic heterocycles. The molecule has 0 amide bonds. The monoisotopic (exact) mass is 280 g/mol. The van der Waals surface area contributed by atoms with Crippen LogP contribution in [-0.4, -0.2) is 33.8 Å². The van der Waals surface area contributed by atoms with Gasteiger partial charge in [-0.1, -0.05) is 18.9 Å². The van der Waals surface area contributed by atoms with Gasteiger partial charge in [-0.25, -0.2) is 8.42 Å².